The van der Waals surface area contributed by atoms with Gasteiger partial charge in [0.25, 0.3) is 0 Å². The molecule has 0 bridgehead atoms. The number of nitrogens with two attached hydrogens (primary N) is 1. The maximum Gasteiger partial charge on any atom is 0.219 e. The topological polar surface area (TPSA) is 124 Å². The lowest BCUT2D eigenvalue weighted by Gasteiger charge is -2.33. The number of nitrogens with zero attached hydrogens (tertiary/aromatic N) is 8. The smallest absolute Gasteiger partial charge is 0.219 e. The van der Waals surface area contributed by atoms with Gasteiger partial charge in [0.05, 0.1) is 11.1 Å². The summed E-state index contributed by atoms with van der Waals surface area (Å²) in [4.78, 5) is 18.6. The van der Waals surface area contributed by atoms with E-state index in [9.17, 15) is 4.39 Å². The predicted molar refractivity (Wildman–Crippen MR) is 177 cm³/mol. The number of likely N-dealkylation sites (tertiary alicyclic amines) is 1. The van der Waals surface area contributed by atoms with Crippen LogP contribution in [0.5, 0.6) is 5.88 Å². The molecule has 12 heteroatoms. The summed E-state index contributed by atoms with van der Waals surface area (Å²) in [5.41, 5.74) is 14.3. The summed E-state index contributed by atoms with van der Waals surface area (Å²) in [6.45, 7) is 4.18. The van der Waals surface area contributed by atoms with Crippen molar-refractivity contribution in [3.8, 4) is 23.2 Å². The lowest BCUT2D eigenvalue weighted by atomic mass is 9.68. The number of ether oxygens (including phenoxy) is 1. The normalized spacial score (nSPS) is 25.0. The third-order valence-electron chi connectivity index (χ3n) is 10.8. The molecule has 4 aromatic rings. The average molecular weight is 640 g/mol. The van der Waals surface area contributed by atoms with Crippen LogP contribution in [0, 0.1) is 0 Å². The van der Waals surface area contributed by atoms with Gasteiger partial charge in [0.2, 0.25) is 5.88 Å². The summed E-state index contributed by atoms with van der Waals surface area (Å²) in [6, 6.07) is 5.89. The first-order valence-electron chi connectivity index (χ1n) is 16.7. The molecule has 5 heterocycles. The molecule has 1 spiro atoms. The number of anilines is 1. The van der Waals surface area contributed by atoms with E-state index >= 15 is 0 Å². The van der Waals surface area contributed by atoms with Crippen LogP contribution >= 0.6 is 0 Å². The molecule has 4 atom stereocenters. The fourth-order valence-electron chi connectivity index (χ4n) is 8.50. The Kier molecular flexibility index (Phi) is 7.40. The maximum atomic E-state index is 14.3. The van der Waals surface area contributed by atoms with Crippen LogP contribution in [-0.2, 0) is 31.2 Å². The predicted octanol–water partition coefficient (Wildman–Crippen LogP) is 4.31. The number of aryl methyl sites for hydroxylation is 1. The molecule has 1 saturated heterocycles. The highest BCUT2D eigenvalue weighted by Gasteiger charge is 2.49. The van der Waals surface area contributed by atoms with E-state index in [1.807, 2.05) is 48.1 Å². The Hall–Kier alpha value is -4.16. The summed E-state index contributed by atoms with van der Waals surface area (Å²) in [5, 5.41) is 9.59. The second-order valence-corrected chi connectivity index (χ2v) is 13.8. The van der Waals surface area contributed by atoms with E-state index in [0.717, 1.165) is 79.9 Å². The number of aromatic nitrogens is 5. The Morgan fingerprint density at radius 3 is 2.85 bits per heavy atom. The summed E-state index contributed by atoms with van der Waals surface area (Å²) in [6.07, 6.45) is 8.65. The maximum absolute atomic E-state index is 14.3. The third-order valence-corrected chi connectivity index (χ3v) is 10.8. The summed E-state index contributed by atoms with van der Waals surface area (Å²) >= 11 is 0. The summed E-state index contributed by atoms with van der Waals surface area (Å²) < 4.78 is 28.9. The molecule has 0 radical (unpaired) electrons. The minimum atomic E-state index is -0.866. The number of aliphatic imine (C=N–C) groups is 1. The van der Waals surface area contributed by atoms with Gasteiger partial charge in [-0.15, -0.1) is 0 Å². The van der Waals surface area contributed by atoms with Gasteiger partial charge in [0.1, 0.15) is 12.3 Å². The van der Waals surface area contributed by atoms with Crippen LogP contribution in [0.25, 0.3) is 17.3 Å². The lowest BCUT2D eigenvalue weighted by Crippen LogP contribution is -2.38. The second kappa shape index (κ2) is 11.5. The molecule has 2 aliphatic heterocycles. The van der Waals surface area contributed by atoms with E-state index in [2.05, 4.69) is 28.2 Å². The van der Waals surface area contributed by atoms with Crippen molar-refractivity contribution >= 4 is 11.9 Å². The minimum absolute atomic E-state index is 0.0604. The molecule has 1 aromatic carbocycles. The molecule has 0 saturated carbocycles. The van der Waals surface area contributed by atoms with Crippen LogP contribution in [0.2, 0.25) is 0 Å². The number of alkyl halides is 1. The number of fused-ring (bicyclic) bond motifs is 5. The van der Waals surface area contributed by atoms with E-state index in [0.29, 0.717) is 36.2 Å². The summed E-state index contributed by atoms with van der Waals surface area (Å²) in [7, 11) is 5.84. The number of likely N-dealkylation sites (N-methyl/N-ethyl adjacent to an activating group) is 2. The van der Waals surface area contributed by atoms with Gasteiger partial charge in [0.15, 0.2) is 23.1 Å². The van der Waals surface area contributed by atoms with Crippen molar-refractivity contribution in [3.63, 3.8) is 0 Å². The van der Waals surface area contributed by atoms with Crippen molar-refractivity contribution in [1.29, 1.82) is 0 Å². The van der Waals surface area contributed by atoms with Crippen molar-refractivity contribution in [1.82, 2.24) is 34.7 Å². The number of halogens is 1. The average Bonchev–Trinajstić information content (AvgIpc) is 3.83. The van der Waals surface area contributed by atoms with E-state index in [-0.39, 0.29) is 17.6 Å². The molecule has 1 unspecified atom stereocenters. The van der Waals surface area contributed by atoms with Gasteiger partial charge in [-0.3, -0.25) is 9.89 Å². The van der Waals surface area contributed by atoms with Crippen LogP contribution in [0.3, 0.4) is 0 Å². The monoisotopic (exact) mass is 639 g/mol. The van der Waals surface area contributed by atoms with Crippen LogP contribution in [0.15, 0.2) is 33.9 Å². The number of hydrogen-bond acceptors (Lipinski definition) is 10. The first-order valence-corrected chi connectivity index (χ1v) is 16.7. The number of rotatable bonds is 6. The largest absolute Gasteiger partial charge is 0.473 e. The van der Waals surface area contributed by atoms with E-state index in [4.69, 9.17) is 30.1 Å². The van der Waals surface area contributed by atoms with Gasteiger partial charge < -0.3 is 19.9 Å². The number of benzene rings is 1. The molecule has 47 heavy (non-hydrogen) atoms. The fraction of sp³-hybridized carbons (Fsp3) is 0.514. The van der Waals surface area contributed by atoms with E-state index in [1.54, 1.807) is 7.05 Å². The van der Waals surface area contributed by atoms with E-state index in [1.165, 1.54) is 16.7 Å². The molecule has 246 valence electrons. The molecule has 2 N–H and O–H groups in total. The molecule has 1 fully saturated rings. The zero-order valence-corrected chi connectivity index (χ0v) is 27.5. The molecular weight excluding hydrogens is 597 g/mol. The van der Waals surface area contributed by atoms with Gasteiger partial charge in [0, 0.05) is 80.0 Å². The van der Waals surface area contributed by atoms with Gasteiger partial charge in [-0.2, -0.15) is 10.1 Å². The number of hydrogen-bond donors (Lipinski definition) is 1. The van der Waals surface area contributed by atoms with Crippen LogP contribution < -0.4 is 10.5 Å². The van der Waals surface area contributed by atoms with Crippen molar-refractivity contribution in [2.24, 2.45) is 4.99 Å². The highest BCUT2D eigenvalue weighted by molar-refractivity contribution is 5.91. The Bertz CT molecular complexity index is 1870. The van der Waals surface area contributed by atoms with Crippen molar-refractivity contribution in [3.05, 3.63) is 63.7 Å². The highest BCUT2D eigenvalue weighted by atomic mass is 19.1. The zero-order valence-electron chi connectivity index (χ0n) is 27.5. The van der Waals surface area contributed by atoms with Crippen LogP contribution in [0.4, 0.5) is 10.1 Å². The Morgan fingerprint density at radius 1 is 1.17 bits per heavy atom. The Balaban J connectivity index is 1.23. The molecule has 0 amide bonds. The van der Waals surface area contributed by atoms with Gasteiger partial charge >= 0.3 is 0 Å². The molecule has 3 aromatic heterocycles. The second-order valence-electron chi connectivity index (χ2n) is 13.8. The summed E-state index contributed by atoms with van der Waals surface area (Å²) in [5.74, 6) is 2.31. The van der Waals surface area contributed by atoms with Gasteiger partial charge in [-0.25, -0.2) is 14.1 Å². The molecule has 11 nitrogen and oxygen atoms in total. The van der Waals surface area contributed by atoms with Gasteiger partial charge in [-0.05, 0) is 76.7 Å². The van der Waals surface area contributed by atoms with Crippen molar-refractivity contribution in [2.45, 2.75) is 82.1 Å². The lowest BCUT2D eigenvalue weighted by molar-refractivity contribution is 0.117. The fourth-order valence-corrected chi connectivity index (χ4v) is 8.50. The van der Waals surface area contributed by atoms with Gasteiger partial charge in [-0.1, -0.05) is 11.2 Å². The van der Waals surface area contributed by atoms with Crippen molar-refractivity contribution < 1.29 is 13.7 Å². The standard InChI is InChI=1S/C35H42FN9O2/c1-20(28-14-23(36)19-44(28)4)46-30-15-29(45-18-22-17-43(3)13-10-27(22)41-45)39-34(40-30)32-24-6-5-11-35(33(24)47-42-32)12-9-21-7-8-26(37)25(16-38-2)31(21)35/h7-8,15-16,18,20,23,28H,5-6,9-14,17,19,37H2,1-4H3/t20-,23+,28?,35-/m0/s1. The zero-order chi connectivity index (χ0) is 32.4. The Morgan fingerprint density at radius 2 is 2.04 bits per heavy atom. The van der Waals surface area contributed by atoms with Crippen molar-refractivity contribution in [2.75, 3.05) is 40.0 Å². The molecular formula is C35H42FN9O2. The quantitative estimate of drug-likeness (QED) is 0.243. The Labute approximate surface area is 274 Å². The SMILES string of the molecule is CN=Cc1c(N)ccc2c1[C@]1(CCCc3c(-c4nc(O[C@@H](C)C5C[C@@H](F)CN5C)cc(-n5cc6c(n5)CCN(C)C6)n4)noc31)CC2. The van der Waals surface area contributed by atoms with Crippen LogP contribution in [0.1, 0.15) is 71.9 Å². The first kappa shape index (κ1) is 30.2. The molecule has 4 aliphatic rings. The molecule has 2 aliphatic carbocycles. The third kappa shape index (κ3) is 5.04. The first-order chi connectivity index (χ1) is 22.7. The molecule has 8 rings (SSSR count). The highest BCUT2D eigenvalue weighted by Crippen LogP contribution is 2.54. The minimum Gasteiger partial charge on any atom is -0.473 e. The van der Waals surface area contributed by atoms with E-state index < -0.39 is 6.17 Å². The number of nitrogen functional groups attached to an aromatic ring is 1. The van der Waals surface area contributed by atoms with Crippen LogP contribution in [-0.4, -0.2) is 93.5 Å².